The van der Waals surface area contributed by atoms with Crippen LogP contribution in [0.5, 0.6) is 0 Å². The van der Waals surface area contributed by atoms with E-state index in [-0.39, 0.29) is 24.8 Å². The van der Waals surface area contributed by atoms with Crippen molar-refractivity contribution in [3.05, 3.63) is 129 Å². The van der Waals surface area contributed by atoms with Crippen molar-refractivity contribution < 1.29 is 25.7 Å². The summed E-state index contributed by atoms with van der Waals surface area (Å²) in [6.07, 6.45) is 10.5. The predicted molar refractivity (Wildman–Crippen MR) is 144 cm³/mol. The molecule has 0 aliphatic heterocycles. The number of benzene rings is 3. The summed E-state index contributed by atoms with van der Waals surface area (Å²) < 4.78 is 10.3. The van der Waals surface area contributed by atoms with Crippen molar-refractivity contribution in [2.45, 2.75) is 19.8 Å². The molecular weight excluding hydrogens is 538 g/mol. The third-order valence-corrected chi connectivity index (χ3v) is 14.4. The van der Waals surface area contributed by atoms with Gasteiger partial charge in [0.05, 0.1) is 0 Å². The Balaban J connectivity index is 0.00000137. The summed E-state index contributed by atoms with van der Waals surface area (Å²) in [5.74, 6) is 0. The first kappa shape index (κ1) is 24.9. The summed E-state index contributed by atoms with van der Waals surface area (Å²) in [6, 6.07) is 29.1. The summed E-state index contributed by atoms with van der Waals surface area (Å²) in [5, 5.41) is 0. The van der Waals surface area contributed by atoms with Crippen LogP contribution in [0.1, 0.15) is 35.6 Å². The van der Waals surface area contributed by atoms with Gasteiger partial charge in [-0.1, -0.05) is 0 Å². The van der Waals surface area contributed by atoms with Crippen molar-refractivity contribution in [1.82, 2.24) is 0 Å². The molecule has 34 heavy (non-hydrogen) atoms. The minimum Gasteiger partial charge on any atom is -0.147 e. The molecule has 0 amide bonds. The van der Waals surface area contributed by atoms with E-state index in [1.54, 1.807) is 21.6 Å². The van der Waals surface area contributed by atoms with Crippen LogP contribution in [0.15, 0.2) is 111 Å². The molecule has 170 valence electrons. The van der Waals surface area contributed by atoms with Gasteiger partial charge in [-0.15, -0.1) is 24.8 Å². The van der Waals surface area contributed by atoms with Gasteiger partial charge in [-0.2, -0.15) is 0 Å². The van der Waals surface area contributed by atoms with Gasteiger partial charge in [0.1, 0.15) is 0 Å². The molecule has 0 fully saturated rings. The number of furan rings is 1. The maximum absolute atomic E-state index is 5.47. The molecule has 1 heterocycles. The number of halogens is 2. The van der Waals surface area contributed by atoms with Crippen LogP contribution in [-0.2, 0) is 27.7 Å². The van der Waals surface area contributed by atoms with Crippen LogP contribution in [-0.4, -0.2) is 3.21 Å². The Bertz CT molecular complexity index is 1410. The molecule has 0 saturated heterocycles. The minimum absolute atomic E-state index is 0. The minimum atomic E-state index is -2.43. The van der Waals surface area contributed by atoms with Crippen molar-refractivity contribution in [2.24, 2.45) is 0 Å². The van der Waals surface area contributed by atoms with Gasteiger partial charge in [0, 0.05) is 0 Å². The maximum Gasteiger partial charge on any atom is -0.147 e. The Labute approximate surface area is 221 Å². The van der Waals surface area contributed by atoms with Gasteiger partial charge >= 0.3 is 198 Å². The van der Waals surface area contributed by atoms with E-state index in [1.807, 2.05) is 6.26 Å². The molecule has 4 heteroatoms. The van der Waals surface area contributed by atoms with Gasteiger partial charge in [0.15, 0.2) is 0 Å². The third kappa shape index (κ3) is 4.29. The van der Waals surface area contributed by atoms with E-state index in [2.05, 4.69) is 97.9 Å². The van der Waals surface area contributed by atoms with Gasteiger partial charge < -0.3 is 0 Å². The second-order valence-electron chi connectivity index (χ2n) is 8.54. The number of fused-ring (bicyclic) bond motifs is 3. The second-order valence-corrected chi connectivity index (χ2v) is 15.0. The Morgan fingerprint density at radius 3 is 2.38 bits per heavy atom. The van der Waals surface area contributed by atoms with Gasteiger partial charge in [-0.05, 0) is 0 Å². The molecule has 0 radical (unpaired) electrons. The van der Waals surface area contributed by atoms with Crippen molar-refractivity contribution in [3.8, 4) is 11.1 Å². The number of hydrogen-bond acceptors (Lipinski definition) is 1. The Morgan fingerprint density at radius 2 is 1.59 bits per heavy atom. The van der Waals surface area contributed by atoms with Crippen LogP contribution in [0.3, 0.4) is 0 Å². The molecule has 2 aliphatic rings. The second kappa shape index (κ2) is 10.6. The first-order chi connectivity index (χ1) is 15.8. The molecule has 0 spiro atoms. The average molecular weight is 565 g/mol. The standard InChI is InChI=1S/C13H9.C9H7O.C8H8.2ClH.Zr/c1-3-7-12-10(5-1)9-11-6-2-4-8-13(11)12;1-2-4-8(3-1)9-5-6-10-7-9;1-2-8-6-4-3-5-7-8;;;/h1-5,7-8H,9H2;1,3,5-7H,2H2;3-7H,1H3;2*1H;. The Morgan fingerprint density at radius 1 is 0.824 bits per heavy atom. The fraction of sp³-hybridized carbons (Fsp3) is 0.100. The molecule has 6 rings (SSSR count). The fourth-order valence-corrected chi connectivity index (χ4v) is 13.2. The van der Waals surface area contributed by atoms with Crippen molar-refractivity contribution in [3.63, 3.8) is 0 Å². The molecule has 1 aromatic heterocycles. The molecule has 0 atom stereocenters. The number of rotatable bonds is 4. The predicted octanol–water partition coefficient (Wildman–Crippen LogP) is 7.55. The molecule has 2 aliphatic carbocycles. The van der Waals surface area contributed by atoms with Gasteiger partial charge in [0.25, 0.3) is 0 Å². The van der Waals surface area contributed by atoms with Gasteiger partial charge in [0.2, 0.25) is 0 Å². The monoisotopic (exact) mass is 562 g/mol. The smallest absolute Gasteiger partial charge is 0.147 e. The summed E-state index contributed by atoms with van der Waals surface area (Å²) >= 11 is -2.43. The zero-order valence-electron chi connectivity index (χ0n) is 19.0. The Hall–Kier alpha value is -2.25. The van der Waals surface area contributed by atoms with Crippen molar-refractivity contribution >= 4 is 36.9 Å². The normalized spacial score (nSPS) is 14.1. The summed E-state index contributed by atoms with van der Waals surface area (Å²) in [4.78, 5) is 0. The molecule has 0 saturated carbocycles. The molecular formula is C30H26Cl2OZr. The van der Waals surface area contributed by atoms with Crippen LogP contribution in [0, 0.1) is 0 Å². The van der Waals surface area contributed by atoms with Crippen LogP contribution < -0.4 is 3.27 Å². The van der Waals surface area contributed by atoms with E-state index in [0.717, 1.165) is 12.8 Å². The van der Waals surface area contributed by atoms with Crippen LogP contribution in [0.25, 0.3) is 16.7 Å². The maximum atomic E-state index is 5.47. The quantitative estimate of drug-likeness (QED) is 0.220. The first-order valence-corrected chi connectivity index (χ1v) is 14.9. The summed E-state index contributed by atoms with van der Waals surface area (Å²) in [6.45, 7) is 2.39. The van der Waals surface area contributed by atoms with Gasteiger partial charge in [-0.25, -0.2) is 0 Å². The number of allylic oxidation sites excluding steroid dienone is 4. The zero-order chi connectivity index (χ0) is 21.5. The van der Waals surface area contributed by atoms with Gasteiger partial charge in [-0.3, -0.25) is 0 Å². The van der Waals surface area contributed by atoms with E-state index in [1.165, 1.54) is 33.4 Å². The van der Waals surface area contributed by atoms with Crippen LogP contribution in [0.4, 0.5) is 0 Å². The van der Waals surface area contributed by atoms with E-state index in [4.69, 9.17) is 4.42 Å². The number of hydrogen-bond donors (Lipinski definition) is 0. The third-order valence-electron chi connectivity index (χ3n) is 6.77. The van der Waals surface area contributed by atoms with Crippen LogP contribution in [0.2, 0.25) is 0 Å². The molecule has 0 unspecified atom stereocenters. The topological polar surface area (TPSA) is 13.1 Å². The molecule has 4 aromatic rings. The van der Waals surface area contributed by atoms with E-state index in [0.29, 0.717) is 0 Å². The van der Waals surface area contributed by atoms with Crippen LogP contribution >= 0.6 is 24.8 Å². The molecule has 0 bridgehead atoms. The van der Waals surface area contributed by atoms with E-state index in [9.17, 15) is 0 Å². The molecule has 3 aromatic carbocycles. The SMILES string of the molecule is C/[C](c1ccccc1)=[Zr](\[C]1=C(c2ccoc2)C=CC1)[c]1cccc2c1Cc1ccccc1-2.Cl.Cl. The first-order valence-electron chi connectivity index (χ1n) is 11.2. The Kier molecular flexibility index (Phi) is 7.73. The van der Waals surface area contributed by atoms with E-state index < -0.39 is 21.3 Å². The van der Waals surface area contributed by atoms with Crippen molar-refractivity contribution in [2.75, 3.05) is 0 Å². The summed E-state index contributed by atoms with van der Waals surface area (Å²) in [5.41, 5.74) is 9.86. The average Bonchev–Trinajstić information content (AvgIpc) is 3.59. The molecule has 1 nitrogen and oxygen atoms in total. The summed E-state index contributed by atoms with van der Waals surface area (Å²) in [7, 11) is 0. The fourth-order valence-electron chi connectivity index (χ4n) is 5.24. The molecule has 0 N–H and O–H groups in total. The zero-order valence-corrected chi connectivity index (χ0v) is 23.0. The van der Waals surface area contributed by atoms with E-state index >= 15 is 0 Å². The largest absolute Gasteiger partial charge is 0.147 e. The van der Waals surface area contributed by atoms with Crippen molar-refractivity contribution in [1.29, 1.82) is 0 Å².